The maximum Gasteiger partial charge on any atom is 0.0972 e. The Hall–Kier alpha value is -0.710. The molecule has 0 aliphatic heterocycles. The maximum atomic E-state index is 4.50. The molecule has 2 nitrogen and oxygen atoms in total. The summed E-state index contributed by atoms with van der Waals surface area (Å²) in [5, 5.41) is 4.59. The maximum absolute atomic E-state index is 4.50. The highest BCUT2D eigenvalue weighted by atomic mass is 79.9. The van der Waals surface area contributed by atoms with Crippen molar-refractivity contribution in [3.63, 3.8) is 0 Å². The molecule has 1 aromatic carbocycles. The minimum absolute atomic E-state index is 0.395. The van der Waals surface area contributed by atoms with Crippen LogP contribution in [-0.2, 0) is 6.42 Å². The lowest BCUT2D eigenvalue weighted by Gasteiger charge is -2.08. The van der Waals surface area contributed by atoms with Gasteiger partial charge < -0.3 is 5.32 Å². The van der Waals surface area contributed by atoms with Crippen molar-refractivity contribution >= 4 is 27.3 Å². The van der Waals surface area contributed by atoms with Crippen LogP contribution in [0.5, 0.6) is 0 Å². The van der Waals surface area contributed by atoms with Gasteiger partial charge in [-0.3, -0.25) is 0 Å². The van der Waals surface area contributed by atoms with E-state index < -0.39 is 0 Å². The highest BCUT2D eigenvalue weighted by Crippen LogP contribution is 2.23. The van der Waals surface area contributed by atoms with Crippen molar-refractivity contribution in [2.24, 2.45) is 0 Å². The molecular weight excluding hydrogens is 308 g/mol. The second-order valence-corrected chi connectivity index (χ2v) is 6.30. The first-order chi connectivity index (χ1) is 8.69. The number of nitrogens with zero attached hydrogens (tertiary/aromatic N) is 1. The molecule has 96 valence electrons. The highest BCUT2D eigenvalue weighted by molar-refractivity contribution is 9.10. The molecule has 0 saturated carbocycles. The third kappa shape index (κ3) is 3.64. The van der Waals surface area contributed by atoms with E-state index in [4.69, 9.17) is 0 Å². The van der Waals surface area contributed by atoms with Crippen LogP contribution in [-0.4, -0.2) is 11.5 Å². The van der Waals surface area contributed by atoms with Crippen molar-refractivity contribution in [3.05, 3.63) is 50.4 Å². The van der Waals surface area contributed by atoms with Gasteiger partial charge in [0.2, 0.25) is 0 Å². The van der Waals surface area contributed by atoms with Crippen molar-refractivity contribution in [1.82, 2.24) is 10.3 Å². The fraction of sp³-hybridized carbons (Fsp3) is 0.357. The van der Waals surface area contributed by atoms with Gasteiger partial charge in [-0.05, 0) is 31.2 Å². The van der Waals surface area contributed by atoms with Crippen LogP contribution in [0.15, 0.2) is 34.9 Å². The molecule has 1 heterocycles. The van der Waals surface area contributed by atoms with Crippen LogP contribution in [0.25, 0.3) is 0 Å². The van der Waals surface area contributed by atoms with Gasteiger partial charge in [-0.2, -0.15) is 0 Å². The molecular formula is C14H17BrN2S. The van der Waals surface area contributed by atoms with Crippen LogP contribution in [0.2, 0.25) is 0 Å². The molecule has 1 aromatic heterocycles. The van der Waals surface area contributed by atoms with Gasteiger partial charge in [0.25, 0.3) is 0 Å². The highest BCUT2D eigenvalue weighted by Gasteiger charge is 2.08. The van der Waals surface area contributed by atoms with E-state index in [1.54, 1.807) is 11.3 Å². The quantitative estimate of drug-likeness (QED) is 0.892. The monoisotopic (exact) mass is 324 g/mol. The third-order valence-corrected chi connectivity index (χ3v) is 4.49. The number of benzene rings is 1. The van der Waals surface area contributed by atoms with Crippen molar-refractivity contribution in [1.29, 1.82) is 0 Å². The van der Waals surface area contributed by atoms with E-state index in [0.29, 0.717) is 6.04 Å². The number of aromatic nitrogens is 1. The average molecular weight is 325 g/mol. The minimum Gasteiger partial charge on any atom is -0.310 e. The molecule has 4 heteroatoms. The van der Waals surface area contributed by atoms with Crippen molar-refractivity contribution in [2.75, 3.05) is 6.54 Å². The molecule has 0 bridgehead atoms. The Morgan fingerprint density at radius 1 is 1.33 bits per heavy atom. The summed E-state index contributed by atoms with van der Waals surface area (Å²) in [5.41, 5.74) is 1.30. The Bertz CT molecular complexity index is 493. The van der Waals surface area contributed by atoms with Gasteiger partial charge in [-0.1, -0.05) is 35.0 Å². The predicted molar refractivity (Wildman–Crippen MR) is 81.2 cm³/mol. The Morgan fingerprint density at radius 3 is 2.72 bits per heavy atom. The van der Waals surface area contributed by atoms with Gasteiger partial charge in [0.1, 0.15) is 0 Å². The van der Waals surface area contributed by atoms with Gasteiger partial charge in [0.15, 0.2) is 0 Å². The van der Waals surface area contributed by atoms with Crippen LogP contribution in [0.1, 0.15) is 35.3 Å². The van der Waals surface area contributed by atoms with E-state index in [-0.39, 0.29) is 0 Å². The van der Waals surface area contributed by atoms with E-state index in [2.05, 4.69) is 64.3 Å². The standard InChI is InChI=1S/C14H17BrN2S/c1-3-16-10(2)13-9-17-14(18-13)8-11-4-6-12(15)7-5-11/h4-7,9-10,16H,3,8H2,1-2H3. The van der Waals surface area contributed by atoms with Gasteiger partial charge in [-0.15, -0.1) is 11.3 Å². The van der Waals surface area contributed by atoms with E-state index in [0.717, 1.165) is 17.4 Å². The first kappa shape index (κ1) is 13.7. The zero-order valence-electron chi connectivity index (χ0n) is 10.6. The third-order valence-electron chi connectivity index (χ3n) is 2.78. The lowest BCUT2D eigenvalue weighted by Crippen LogP contribution is -2.16. The first-order valence-corrected chi connectivity index (χ1v) is 7.72. The number of rotatable bonds is 5. The summed E-state index contributed by atoms with van der Waals surface area (Å²) < 4.78 is 1.12. The molecule has 0 fully saturated rings. The summed E-state index contributed by atoms with van der Waals surface area (Å²) in [7, 11) is 0. The molecule has 2 aromatic rings. The topological polar surface area (TPSA) is 24.9 Å². The molecule has 1 unspecified atom stereocenters. The fourth-order valence-electron chi connectivity index (χ4n) is 1.79. The molecule has 0 radical (unpaired) electrons. The molecule has 0 spiro atoms. The van der Waals surface area contributed by atoms with E-state index in [1.807, 2.05) is 6.20 Å². The number of hydrogen-bond acceptors (Lipinski definition) is 3. The Kier molecular flexibility index (Phi) is 4.92. The summed E-state index contributed by atoms with van der Waals surface area (Å²) in [5.74, 6) is 0. The Morgan fingerprint density at radius 2 is 2.06 bits per heavy atom. The van der Waals surface area contributed by atoms with Crippen molar-refractivity contribution in [2.45, 2.75) is 26.3 Å². The van der Waals surface area contributed by atoms with Crippen molar-refractivity contribution in [3.8, 4) is 0 Å². The normalized spacial score (nSPS) is 12.6. The summed E-state index contributed by atoms with van der Waals surface area (Å²) in [6.45, 7) is 5.29. The Balaban J connectivity index is 2.04. The van der Waals surface area contributed by atoms with Crippen molar-refractivity contribution < 1.29 is 0 Å². The predicted octanol–water partition coefficient (Wildman–Crippen LogP) is 4.17. The summed E-state index contributed by atoms with van der Waals surface area (Å²) in [6.07, 6.45) is 2.91. The SMILES string of the molecule is CCNC(C)c1cnc(Cc2ccc(Br)cc2)s1. The number of halogens is 1. The number of thiazole rings is 1. The van der Waals surface area contributed by atoms with Gasteiger partial charge >= 0.3 is 0 Å². The van der Waals surface area contributed by atoms with Crippen LogP contribution >= 0.6 is 27.3 Å². The smallest absolute Gasteiger partial charge is 0.0972 e. The molecule has 0 saturated heterocycles. The average Bonchev–Trinajstić information content (AvgIpc) is 2.81. The first-order valence-electron chi connectivity index (χ1n) is 6.11. The van der Waals surface area contributed by atoms with Crippen LogP contribution in [0.4, 0.5) is 0 Å². The van der Waals surface area contributed by atoms with Crippen LogP contribution in [0, 0.1) is 0 Å². The zero-order chi connectivity index (χ0) is 13.0. The van der Waals surface area contributed by atoms with Crippen LogP contribution < -0.4 is 5.32 Å². The Labute approximate surface area is 121 Å². The number of hydrogen-bond donors (Lipinski definition) is 1. The van der Waals surface area contributed by atoms with Crippen LogP contribution in [0.3, 0.4) is 0 Å². The van der Waals surface area contributed by atoms with E-state index >= 15 is 0 Å². The zero-order valence-corrected chi connectivity index (χ0v) is 13.0. The van der Waals surface area contributed by atoms with Gasteiger partial charge in [0, 0.05) is 28.0 Å². The second kappa shape index (κ2) is 6.45. The fourth-order valence-corrected chi connectivity index (χ4v) is 3.04. The molecule has 2 rings (SSSR count). The molecule has 18 heavy (non-hydrogen) atoms. The number of nitrogens with one attached hydrogen (secondary N) is 1. The van der Waals surface area contributed by atoms with E-state index in [9.17, 15) is 0 Å². The van der Waals surface area contributed by atoms with E-state index in [1.165, 1.54) is 15.4 Å². The summed E-state index contributed by atoms with van der Waals surface area (Å²) in [6, 6.07) is 8.82. The molecule has 0 amide bonds. The summed E-state index contributed by atoms with van der Waals surface area (Å²) in [4.78, 5) is 5.81. The van der Waals surface area contributed by atoms with Gasteiger partial charge in [0.05, 0.1) is 5.01 Å². The molecule has 0 aliphatic carbocycles. The lowest BCUT2D eigenvalue weighted by molar-refractivity contribution is 0.606. The summed E-state index contributed by atoms with van der Waals surface area (Å²) >= 11 is 5.24. The second-order valence-electron chi connectivity index (χ2n) is 4.24. The minimum atomic E-state index is 0.395. The lowest BCUT2D eigenvalue weighted by atomic mass is 10.2. The molecule has 1 N–H and O–H groups in total. The largest absolute Gasteiger partial charge is 0.310 e. The van der Waals surface area contributed by atoms with Gasteiger partial charge in [-0.25, -0.2) is 4.98 Å². The molecule has 1 atom stereocenters. The molecule has 0 aliphatic rings.